The Labute approximate surface area is 132 Å². The second-order valence-electron chi connectivity index (χ2n) is 4.64. The minimum absolute atomic E-state index is 0.00721. The Balaban J connectivity index is 3.61. The minimum Gasteiger partial charge on any atom is -0.354 e. The summed E-state index contributed by atoms with van der Waals surface area (Å²) in [7, 11) is 3.72. The molecule has 0 saturated heterocycles. The van der Waals surface area contributed by atoms with Crippen molar-refractivity contribution in [1.82, 2.24) is 15.5 Å². The summed E-state index contributed by atoms with van der Waals surface area (Å²) in [6.45, 7) is 7.30. The molecule has 0 aliphatic rings. The van der Waals surface area contributed by atoms with Crippen LogP contribution in [0.15, 0.2) is 9.98 Å². The van der Waals surface area contributed by atoms with Crippen molar-refractivity contribution in [1.29, 1.82) is 0 Å². The molecule has 0 heterocycles. The summed E-state index contributed by atoms with van der Waals surface area (Å²) < 4.78 is 0. The molecule has 1 amide bonds. The maximum absolute atomic E-state index is 10.9. The van der Waals surface area contributed by atoms with E-state index in [1.807, 2.05) is 18.7 Å². The first-order valence-electron chi connectivity index (χ1n) is 7.36. The Bertz CT molecular complexity index is 322. The van der Waals surface area contributed by atoms with E-state index < -0.39 is 0 Å². The number of nitrogens with one attached hydrogen (secondary N) is 2. The van der Waals surface area contributed by atoms with E-state index in [1.165, 1.54) is 24.1 Å². The SMILES string of the molecule is CCSCCN(C)CCCNC(C)/N=C\N=C\C(=O)NC. The fraction of sp³-hybridized carbons (Fsp3) is 0.786. The molecule has 2 N–H and O–H groups in total. The van der Waals surface area contributed by atoms with Crippen molar-refractivity contribution in [2.45, 2.75) is 26.4 Å². The van der Waals surface area contributed by atoms with Crippen LogP contribution in [0.3, 0.4) is 0 Å². The lowest BCUT2D eigenvalue weighted by atomic mass is 10.4. The van der Waals surface area contributed by atoms with Crippen molar-refractivity contribution in [2.75, 3.05) is 45.2 Å². The Morgan fingerprint density at radius 1 is 1.43 bits per heavy atom. The average molecular weight is 315 g/mol. The van der Waals surface area contributed by atoms with Gasteiger partial charge in [0, 0.05) is 19.3 Å². The van der Waals surface area contributed by atoms with E-state index in [4.69, 9.17) is 0 Å². The van der Waals surface area contributed by atoms with Crippen LogP contribution >= 0.6 is 11.8 Å². The number of rotatable bonds is 12. The summed E-state index contributed by atoms with van der Waals surface area (Å²) in [5.74, 6) is 2.16. The molecule has 0 aromatic carbocycles. The van der Waals surface area contributed by atoms with Crippen LogP contribution in [0.4, 0.5) is 0 Å². The smallest absolute Gasteiger partial charge is 0.262 e. The number of carbonyl (C=O) groups excluding carboxylic acids is 1. The van der Waals surface area contributed by atoms with Crippen LogP contribution in [0.1, 0.15) is 20.3 Å². The van der Waals surface area contributed by atoms with Crippen LogP contribution in [-0.2, 0) is 4.79 Å². The molecular formula is C14H29N5OS. The highest BCUT2D eigenvalue weighted by molar-refractivity contribution is 7.99. The monoisotopic (exact) mass is 315 g/mol. The van der Waals surface area contributed by atoms with Gasteiger partial charge < -0.3 is 10.2 Å². The highest BCUT2D eigenvalue weighted by atomic mass is 32.2. The van der Waals surface area contributed by atoms with Gasteiger partial charge in [0.05, 0.1) is 12.4 Å². The van der Waals surface area contributed by atoms with Crippen molar-refractivity contribution in [2.24, 2.45) is 9.98 Å². The molecule has 7 heteroatoms. The molecule has 0 aromatic heterocycles. The molecule has 0 aromatic rings. The zero-order valence-electron chi connectivity index (χ0n) is 13.6. The zero-order chi connectivity index (χ0) is 15.9. The summed E-state index contributed by atoms with van der Waals surface area (Å²) in [6.07, 6.45) is 3.71. The number of carbonyl (C=O) groups is 1. The van der Waals surface area contributed by atoms with Crippen LogP contribution in [0.2, 0.25) is 0 Å². The van der Waals surface area contributed by atoms with Crippen LogP contribution in [0.25, 0.3) is 0 Å². The lowest BCUT2D eigenvalue weighted by Gasteiger charge is -2.16. The Kier molecular flexibility index (Phi) is 13.4. The van der Waals surface area contributed by atoms with Gasteiger partial charge in [-0.2, -0.15) is 11.8 Å². The highest BCUT2D eigenvalue weighted by Gasteiger charge is 1.99. The predicted molar refractivity (Wildman–Crippen MR) is 93.6 cm³/mol. The molecule has 122 valence electrons. The molecule has 0 aliphatic carbocycles. The lowest BCUT2D eigenvalue weighted by molar-refractivity contribution is -0.113. The molecule has 21 heavy (non-hydrogen) atoms. The Morgan fingerprint density at radius 2 is 2.19 bits per heavy atom. The van der Waals surface area contributed by atoms with Gasteiger partial charge in [0.2, 0.25) is 0 Å². The third-order valence-corrected chi connectivity index (χ3v) is 3.65. The maximum Gasteiger partial charge on any atom is 0.262 e. The van der Waals surface area contributed by atoms with Gasteiger partial charge in [-0.05, 0) is 39.2 Å². The van der Waals surface area contributed by atoms with Gasteiger partial charge in [-0.15, -0.1) is 0 Å². The van der Waals surface area contributed by atoms with Gasteiger partial charge in [-0.1, -0.05) is 6.92 Å². The largest absolute Gasteiger partial charge is 0.354 e. The zero-order valence-corrected chi connectivity index (χ0v) is 14.4. The van der Waals surface area contributed by atoms with E-state index in [1.54, 1.807) is 7.05 Å². The molecule has 0 saturated carbocycles. The fourth-order valence-electron chi connectivity index (χ4n) is 1.49. The van der Waals surface area contributed by atoms with Crippen molar-refractivity contribution in [3.63, 3.8) is 0 Å². The molecule has 1 unspecified atom stereocenters. The van der Waals surface area contributed by atoms with Gasteiger partial charge in [0.25, 0.3) is 5.91 Å². The summed E-state index contributed by atoms with van der Waals surface area (Å²) in [6, 6.07) is 0. The van der Waals surface area contributed by atoms with E-state index in [2.05, 4.69) is 39.5 Å². The molecule has 0 spiro atoms. The van der Waals surface area contributed by atoms with E-state index in [9.17, 15) is 4.79 Å². The topological polar surface area (TPSA) is 69.1 Å². The molecule has 0 bridgehead atoms. The first kappa shape index (κ1) is 20.1. The third kappa shape index (κ3) is 13.8. The summed E-state index contributed by atoms with van der Waals surface area (Å²) in [4.78, 5) is 21.2. The first-order valence-corrected chi connectivity index (χ1v) is 8.51. The van der Waals surface area contributed by atoms with Crippen molar-refractivity contribution < 1.29 is 4.79 Å². The third-order valence-electron chi connectivity index (χ3n) is 2.77. The molecular weight excluding hydrogens is 286 g/mol. The van der Waals surface area contributed by atoms with Gasteiger partial charge in [0.15, 0.2) is 0 Å². The van der Waals surface area contributed by atoms with Gasteiger partial charge in [-0.25, -0.2) is 4.99 Å². The Hall–Kier alpha value is -0.920. The van der Waals surface area contributed by atoms with Crippen molar-refractivity contribution in [3.05, 3.63) is 0 Å². The van der Waals surface area contributed by atoms with E-state index in [-0.39, 0.29) is 12.1 Å². The summed E-state index contributed by atoms with van der Waals surface area (Å²) in [5.41, 5.74) is 0. The number of nitrogens with zero attached hydrogens (tertiary/aromatic N) is 3. The summed E-state index contributed by atoms with van der Waals surface area (Å²) >= 11 is 1.98. The molecule has 6 nitrogen and oxygen atoms in total. The molecule has 0 aliphatic heterocycles. The van der Waals surface area contributed by atoms with Gasteiger partial charge in [-0.3, -0.25) is 15.1 Å². The minimum atomic E-state index is -0.230. The summed E-state index contributed by atoms with van der Waals surface area (Å²) in [5, 5.41) is 5.76. The number of hydrogen-bond donors (Lipinski definition) is 2. The molecule has 0 fully saturated rings. The lowest BCUT2D eigenvalue weighted by Crippen LogP contribution is -2.29. The van der Waals surface area contributed by atoms with E-state index >= 15 is 0 Å². The van der Waals surface area contributed by atoms with Crippen molar-refractivity contribution >= 4 is 30.2 Å². The average Bonchev–Trinajstić information content (AvgIpc) is 2.48. The Morgan fingerprint density at radius 3 is 2.86 bits per heavy atom. The fourth-order valence-corrected chi connectivity index (χ4v) is 2.22. The van der Waals surface area contributed by atoms with E-state index in [0.717, 1.165) is 26.1 Å². The number of hydrogen-bond acceptors (Lipinski definition) is 5. The van der Waals surface area contributed by atoms with Gasteiger partial charge in [0.1, 0.15) is 6.34 Å². The quantitative estimate of drug-likeness (QED) is 0.318. The second kappa shape index (κ2) is 14.0. The number of aliphatic imine (C=N–C) groups is 2. The van der Waals surface area contributed by atoms with Gasteiger partial charge >= 0.3 is 0 Å². The van der Waals surface area contributed by atoms with E-state index in [0.29, 0.717) is 0 Å². The van der Waals surface area contributed by atoms with Crippen molar-refractivity contribution in [3.8, 4) is 0 Å². The molecule has 0 radical (unpaired) electrons. The number of thioether (sulfide) groups is 1. The normalized spacial score (nSPS) is 13.4. The maximum atomic E-state index is 10.9. The first-order chi connectivity index (χ1) is 10.1. The molecule has 1 atom stereocenters. The van der Waals surface area contributed by atoms with Crippen LogP contribution in [-0.4, -0.2) is 74.8 Å². The number of amides is 1. The predicted octanol–water partition coefficient (Wildman–Crippen LogP) is 0.842. The van der Waals surface area contributed by atoms with Crippen LogP contribution < -0.4 is 10.6 Å². The second-order valence-corrected chi connectivity index (χ2v) is 6.03. The van der Waals surface area contributed by atoms with Crippen LogP contribution in [0.5, 0.6) is 0 Å². The molecule has 0 rings (SSSR count). The standard InChI is InChI=1S/C14H29N5OS/c1-5-21-10-9-19(4)8-6-7-17-13(2)18-12-16-11-14(20)15-3/h11-13,17H,5-10H2,1-4H3,(H,15,20)/b16-11+,18-12-. The highest BCUT2D eigenvalue weighted by Crippen LogP contribution is 1.98. The van der Waals surface area contributed by atoms with Crippen LogP contribution in [0, 0.1) is 0 Å².